The lowest BCUT2D eigenvalue weighted by Crippen LogP contribution is -2.33. The topological polar surface area (TPSA) is 35.5 Å². The molecule has 4 rings (SSSR count). The molecule has 0 amide bonds. The molecule has 2 aromatic rings. The van der Waals surface area contributed by atoms with Crippen molar-refractivity contribution in [2.24, 2.45) is 0 Å². The van der Waals surface area contributed by atoms with Crippen molar-refractivity contribution in [3.05, 3.63) is 71.8 Å². The Labute approximate surface area is 168 Å². The van der Waals surface area contributed by atoms with Gasteiger partial charge in [0, 0.05) is 11.8 Å². The minimum absolute atomic E-state index is 0.0811. The first-order valence-corrected chi connectivity index (χ1v) is 10.8. The molecule has 28 heavy (non-hydrogen) atoms. The van der Waals surface area contributed by atoms with E-state index in [-0.39, 0.29) is 24.0 Å². The number of benzene rings is 2. The molecule has 4 atom stereocenters. The maximum absolute atomic E-state index is 12.7. The number of hydrogen-bond acceptors (Lipinski definition) is 3. The minimum Gasteiger partial charge on any atom is -0.430 e. The molecule has 0 bridgehead atoms. The van der Waals surface area contributed by atoms with Crippen LogP contribution in [0, 0.1) is 0 Å². The standard InChI is InChI=1S/C25H30O3/c26-25(27-23-17-9-7-15-21(23)19-11-3-1-4-12-19)28-24-18-10-8-16-22(24)20-13-5-2-6-14-20/h1-6,11-14,21-24H,7-10,15-18H2. The summed E-state index contributed by atoms with van der Waals surface area (Å²) in [4.78, 5) is 12.7. The lowest BCUT2D eigenvalue weighted by atomic mass is 9.81. The Bertz CT molecular complexity index is 679. The molecule has 2 aliphatic rings. The minimum atomic E-state index is -0.485. The molecule has 3 heteroatoms. The fraction of sp³-hybridized carbons (Fsp3) is 0.480. The molecule has 2 fully saturated rings. The van der Waals surface area contributed by atoms with E-state index in [2.05, 4.69) is 48.5 Å². The third-order valence-electron chi connectivity index (χ3n) is 6.36. The van der Waals surface area contributed by atoms with Crippen LogP contribution in [0.25, 0.3) is 0 Å². The average Bonchev–Trinajstić information content (AvgIpc) is 2.76. The number of carbonyl (C=O) groups is 1. The summed E-state index contributed by atoms with van der Waals surface area (Å²) in [5.41, 5.74) is 2.53. The molecule has 0 aliphatic heterocycles. The van der Waals surface area contributed by atoms with E-state index in [1.165, 1.54) is 24.0 Å². The van der Waals surface area contributed by atoms with Gasteiger partial charge in [-0.2, -0.15) is 0 Å². The molecule has 3 nitrogen and oxygen atoms in total. The van der Waals surface area contributed by atoms with E-state index >= 15 is 0 Å². The summed E-state index contributed by atoms with van der Waals surface area (Å²) in [6.07, 6.45) is 7.92. The summed E-state index contributed by atoms with van der Waals surface area (Å²) in [6.45, 7) is 0. The summed E-state index contributed by atoms with van der Waals surface area (Å²) in [6, 6.07) is 20.9. The monoisotopic (exact) mass is 378 g/mol. The second-order valence-corrected chi connectivity index (χ2v) is 8.17. The lowest BCUT2D eigenvalue weighted by Gasteiger charge is -2.34. The van der Waals surface area contributed by atoms with E-state index in [1.54, 1.807) is 0 Å². The molecule has 148 valence electrons. The van der Waals surface area contributed by atoms with Crippen molar-refractivity contribution in [3.8, 4) is 0 Å². The van der Waals surface area contributed by atoms with E-state index in [0.29, 0.717) is 0 Å². The maximum atomic E-state index is 12.7. The van der Waals surface area contributed by atoms with E-state index in [0.717, 1.165) is 38.5 Å². The Morgan fingerprint density at radius 1 is 0.607 bits per heavy atom. The molecule has 2 aromatic carbocycles. The molecule has 2 aliphatic carbocycles. The van der Waals surface area contributed by atoms with Crippen molar-refractivity contribution >= 4 is 6.16 Å². The predicted molar refractivity (Wildman–Crippen MR) is 110 cm³/mol. The van der Waals surface area contributed by atoms with Gasteiger partial charge in [0.25, 0.3) is 0 Å². The van der Waals surface area contributed by atoms with Gasteiger partial charge in [0.15, 0.2) is 0 Å². The Morgan fingerprint density at radius 2 is 1.00 bits per heavy atom. The Kier molecular flexibility index (Phi) is 6.31. The Morgan fingerprint density at radius 3 is 1.43 bits per heavy atom. The van der Waals surface area contributed by atoms with Gasteiger partial charge in [-0.25, -0.2) is 4.79 Å². The van der Waals surface area contributed by atoms with Gasteiger partial charge in [0.2, 0.25) is 0 Å². The molecule has 0 N–H and O–H groups in total. The normalized spacial score (nSPS) is 27.7. The van der Waals surface area contributed by atoms with Gasteiger partial charge in [0.1, 0.15) is 12.2 Å². The molecular formula is C25H30O3. The fourth-order valence-corrected chi connectivity index (χ4v) is 4.91. The summed E-state index contributed by atoms with van der Waals surface area (Å²) in [5.74, 6) is 0.553. The first-order chi connectivity index (χ1) is 13.8. The second-order valence-electron chi connectivity index (χ2n) is 8.17. The van der Waals surface area contributed by atoms with Gasteiger partial charge < -0.3 is 9.47 Å². The van der Waals surface area contributed by atoms with Crippen LogP contribution < -0.4 is 0 Å². The highest BCUT2D eigenvalue weighted by Crippen LogP contribution is 2.37. The Hall–Kier alpha value is -2.29. The average molecular weight is 379 g/mol. The van der Waals surface area contributed by atoms with Crippen LogP contribution in [0.1, 0.15) is 74.3 Å². The van der Waals surface area contributed by atoms with Crippen molar-refractivity contribution in [2.45, 2.75) is 75.4 Å². The van der Waals surface area contributed by atoms with Crippen LogP contribution in [0.4, 0.5) is 4.79 Å². The van der Waals surface area contributed by atoms with E-state index in [9.17, 15) is 4.79 Å². The summed E-state index contributed by atoms with van der Waals surface area (Å²) in [7, 11) is 0. The molecule has 0 aromatic heterocycles. The maximum Gasteiger partial charge on any atom is 0.508 e. The lowest BCUT2D eigenvalue weighted by molar-refractivity contribution is -0.0305. The van der Waals surface area contributed by atoms with Gasteiger partial charge >= 0.3 is 6.16 Å². The predicted octanol–water partition coefficient (Wildman–Crippen LogP) is 6.59. The smallest absolute Gasteiger partial charge is 0.430 e. The van der Waals surface area contributed by atoms with Crippen LogP contribution in [0.5, 0.6) is 0 Å². The zero-order valence-corrected chi connectivity index (χ0v) is 16.5. The van der Waals surface area contributed by atoms with Crippen molar-refractivity contribution in [1.82, 2.24) is 0 Å². The highest BCUT2D eigenvalue weighted by molar-refractivity contribution is 5.60. The zero-order chi connectivity index (χ0) is 19.2. The highest BCUT2D eigenvalue weighted by Gasteiger charge is 2.33. The first kappa shape index (κ1) is 19.0. The first-order valence-electron chi connectivity index (χ1n) is 10.8. The van der Waals surface area contributed by atoms with Gasteiger partial charge in [-0.15, -0.1) is 0 Å². The van der Waals surface area contributed by atoms with Crippen LogP contribution >= 0.6 is 0 Å². The summed E-state index contributed by atoms with van der Waals surface area (Å²) < 4.78 is 11.8. The zero-order valence-electron chi connectivity index (χ0n) is 16.5. The van der Waals surface area contributed by atoms with Crippen molar-refractivity contribution < 1.29 is 14.3 Å². The summed E-state index contributed by atoms with van der Waals surface area (Å²) in [5, 5.41) is 0. The van der Waals surface area contributed by atoms with Crippen LogP contribution in [0.15, 0.2) is 60.7 Å². The molecule has 0 heterocycles. The molecule has 4 unspecified atom stereocenters. The Balaban J connectivity index is 1.41. The third-order valence-corrected chi connectivity index (χ3v) is 6.36. The molecule has 0 radical (unpaired) electrons. The van der Waals surface area contributed by atoms with E-state index < -0.39 is 6.16 Å². The molecule has 0 spiro atoms. The quantitative estimate of drug-likeness (QED) is 0.563. The van der Waals surface area contributed by atoms with Crippen LogP contribution in [-0.4, -0.2) is 18.4 Å². The van der Waals surface area contributed by atoms with Crippen molar-refractivity contribution in [3.63, 3.8) is 0 Å². The number of rotatable bonds is 4. The van der Waals surface area contributed by atoms with Crippen LogP contribution in [0.2, 0.25) is 0 Å². The van der Waals surface area contributed by atoms with Gasteiger partial charge in [-0.05, 0) is 49.7 Å². The molecule has 0 saturated heterocycles. The van der Waals surface area contributed by atoms with Crippen LogP contribution in [0.3, 0.4) is 0 Å². The SMILES string of the molecule is O=C(OC1CCCCC1c1ccccc1)OC1CCCCC1c1ccccc1. The van der Waals surface area contributed by atoms with Gasteiger partial charge in [-0.3, -0.25) is 0 Å². The number of ether oxygens (including phenoxy) is 2. The van der Waals surface area contributed by atoms with E-state index in [4.69, 9.17) is 9.47 Å². The van der Waals surface area contributed by atoms with Crippen molar-refractivity contribution in [1.29, 1.82) is 0 Å². The van der Waals surface area contributed by atoms with Gasteiger partial charge in [0.05, 0.1) is 0 Å². The molecule has 2 saturated carbocycles. The molecular weight excluding hydrogens is 348 g/mol. The number of hydrogen-bond donors (Lipinski definition) is 0. The van der Waals surface area contributed by atoms with Crippen LogP contribution in [-0.2, 0) is 9.47 Å². The highest BCUT2D eigenvalue weighted by atomic mass is 16.7. The largest absolute Gasteiger partial charge is 0.508 e. The number of carbonyl (C=O) groups excluding carboxylic acids is 1. The second kappa shape index (κ2) is 9.27. The van der Waals surface area contributed by atoms with Crippen molar-refractivity contribution in [2.75, 3.05) is 0 Å². The fourth-order valence-electron chi connectivity index (χ4n) is 4.91. The van der Waals surface area contributed by atoms with E-state index in [1.807, 2.05) is 12.1 Å². The third kappa shape index (κ3) is 4.57. The van der Waals surface area contributed by atoms with Gasteiger partial charge in [-0.1, -0.05) is 73.5 Å². The summed E-state index contributed by atoms with van der Waals surface area (Å²) >= 11 is 0.